The smallest absolute Gasteiger partial charge is 0.323 e. The molecule has 0 radical (unpaired) electrons. The highest BCUT2D eigenvalue weighted by Crippen LogP contribution is 2.50. The Bertz CT molecular complexity index is 809. The van der Waals surface area contributed by atoms with E-state index in [2.05, 4.69) is 84.9 Å². The van der Waals surface area contributed by atoms with Gasteiger partial charge in [-0.2, -0.15) is 0 Å². The fraction of sp³-hybridized carbons (Fsp3) is 0.143. The summed E-state index contributed by atoms with van der Waals surface area (Å²) in [6.45, 7) is 0. The first kappa shape index (κ1) is 22.1. The van der Waals surface area contributed by atoms with Crippen molar-refractivity contribution in [2.75, 3.05) is 0 Å². The van der Waals surface area contributed by atoms with E-state index in [1.807, 2.05) is 0 Å². The largest absolute Gasteiger partial charge is 0.762 e. The van der Waals surface area contributed by atoms with Crippen LogP contribution in [0.15, 0.2) is 84.9 Å². The molecule has 2 atom stereocenters. The summed E-state index contributed by atoms with van der Waals surface area (Å²) in [5, 5.41) is 2.84. The van der Waals surface area contributed by atoms with E-state index in [9.17, 15) is 12.9 Å². The van der Waals surface area contributed by atoms with Crippen molar-refractivity contribution in [2.24, 2.45) is 5.73 Å². The highest BCUT2D eigenvalue weighted by atomic mass is 31.1. The van der Waals surface area contributed by atoms with Crippen LogP contribution in [0.3, 0.4) is 0 Å². The molecule has 0 amide bonds. The predicted octanol–water partition coefficient (Wildman–Crippen LogP) is 4.78. The van der Waals surface area contributed by atoms with Gasteiger partial charge in [0.2, 0.25) is 0 Å². The van der Waals surface area contributed by atoms with Crippen molar-refractivity contribution in [3.63, 3.8) is 0 Å². The topological polar surface area (TPSA) is 26.0 Å². The maximum absolute atomic E-state index is 9.67. The number of fused-ring (bicyclic) bond motifs is 1. The molecule has 146 valence electrons. The Morgan fingerprint density at radius 2 is 1.18 bits per heavy atom. The monoisotopic (exact) mass is 405 g/mol. The third-order valence-corrected chi connectivity index (χ3v) is 7.53. The van der Waals surface area contributed by atoms with Crippen LogP contribution in [0.5, 0.6) is 0 Å². The van der Waals surface area contributed by atoms with E-state index in [1.54, 1.807) is 0 Å². The highest BCUT2D eigenvalue weighted by Gasteiger charge is 2.36. The molecule has 0 heterocycles. The molecule has 3 aromatic rings. The SMILES string of the molecule is F.FB(F)F.N[C@@H]1c2ccccc2C[C@H]1P(c1ccccc1)c1ccccc1. The molecule has 0 saturated heterocycles. The van der Waals surface area contributed by atoms with Gasteiger partial charge in [-0.25, -0.2) is 0 Å². The number of benzene rings is 3. The summed E-state index contributed by atoms with van der Waals surface area (Å²) in [4.78, 5) is 0. The third-order valence-electron chi connectivity index (χ3n) is 4.66. The molecule has 0 spiro atoms. The maximum atomic E-state index is 9.67. The molecule has 0 saturated carbocycles. The van der Waals surface area contributed by atoms with Crippen molar-refractivity contribution in [3.05, 3.63) is 96.1 Å². The van der Waals surface area contributed by atoms with E-state index < -0.39 is 15.5 Å². The zero-order valence-electron chi connectivity index (χ0n) is 15.1. The second-order valence-electron chi connectivity index (χ2n) is 6.28. The molecule has 0 aromatic heterocycles. The van der Waals surface area contributed by atoms with Gasteiger partial charge in [-0.3, -0.25) is 17.7 Å². The Balaban J connectivity index is 0.000000515. The molecule has 1 aliphatic carbocycles. The lowest BCUT2D eigenvalue weighted by molar-refractivity contribution is 0.535. The van der Waals surface area contributed by atoms with Crippen LogP contribution in [0.25, 0.3) is 0 Å². The van der Waals surface area contributed by atoms with Crippen LogP contribution in [0.4, 0.5) is 17.7 Å². The van der Waals surface area contributed by atoms with E-state index >= 15 is 0 Å². The van der Waals surface area contributed by atoms with Crippen LogP contribution in [0.1, 0.15) is 17.2 Å². The lowest BCUT2D eigenvalue weighted by atomic mass is 10.1. The van der Waals surface area contributed by atoms with Gasteiger partial charge < -0.3 is 5.73 Å². The van der Waals surface area contributed by atoms with Crippen molar-refractivity contribution in [2.45, 2.75) is 18.1 Å². The maximum Gasteiger partial charge on any atom is 0.762 e. The number of rotatable bonds is 3. The zero-order chi connectivity index (χ0) is 19.2. The van der Waals surface area contributed by atoms with Crippen LogP contribution < -0.4 is 16.3 Å². The summed E-state index contributed by atoms with van der Waals surface area (Å²) in [7, 11) is -4.13. The van der Waals surface area contributed by atoms with Crippen LogP contribution in [0, 0.1) is 0 Å². The van der Waals surface area contributed by atoms with E-state index in [0.29, 0.717) is 5.66 Å². The highest BCUT2D eigenvalue weighted by molar-refractivity contribution is 7.73. The van der Waals surface area contributed by atoms with E-state index in [0.717, 1.165) is 6.42 Å². The van der Waals surface area contributed by atoms with Gasteiger partial charge >= 0.3 is 7.54 Å². The molecule has 28 heavy (non-hydrogen) atoms. The normalized spacial score (nSPS) is 17.2. The minimum atomic E-state index is -3.67. The molecule has 1 nitrogen and oxygen atoms in total. The Hall–Kier alpha value is -2.17. The van der Waals surface area contributed by atoms with Gasteiger partial charge in [0.25, 0.3) is 0 Å². The first-order chi connectivity index (χ1) is 13.1. The van der Waals surface area contributed by atoms with Crippen LogP contribution >= 0.6 is 7.92 Å². The summed E-state index contributed by atoms with van der Waals surface area (Å²) >= 11 is 0. The first-order valence-electron chi connectivity index (χ1n) is 8.73. The van der Waals surface area contributed by atoms with Gasteiger partial charge in [0.1, 0.15) is 0 Å². The van der Waals surface area contributed by atoms with Crippen molar-refractivity contribution in [1.29, 1.82) is 0 Å². The Kier molecular flexibility index (Phi) is 8.22. The van der Waals surface area contributed by atoms with Gasteiger partial charge in [0, 0.05) is 11.7 Å². The number of hydrogen-bond donors (Lipinski definition) is 1. The quantitative estimate of drug-likeness (QED) is 0.379. The van der Waals surface area contributed by atoms with Crippen LogP contribution in [-0.2, 0) is 6.42 Å². The van der Waals surface area contributed by atoms with Crippen molar-refractivity contribution < 1.29 is 17.7 Å². The molecule has 4 rings (SSSR count). The molecule has 3 aromatic carbocycles. The fourth-order valence-corrected chi connectivity index (χ4v) is 6.48. The van der Waals surface area contributed by atoms with Gasteiger partial charge in [-0.05, 0) is 36.1 Å². The van der Waals surface area contributed by atoms with Crippen molar-refractivity contribution >= 4 is 26.1 Å². The number of nitrogens with two attached hydrogens (primary N) is 1. The van der Waals surface area contributed by atoms with E-state index in [-0.39, 0.29) is 10.7 Å². The number of halogens is 4. The molecular formula is C21H21BF4NP. The summed E-state index contributed by atoms with van der Waals surface area (Å²) in [5.41, 5.74) is 9.90. The summed E-state index contributed by atoms with van der Waals surface area (Å²) < 4.78 is 29.0. The lowest BCUT2D eigenvalue weighted by Gasteiger charge is -2.28. The minimum Gasteiger partial charge on any atom is -0.323 e. The molecule has 2 N–H and O–H groups in total. The average molecular weight is 405 g/mol. The predicted molar refractivity (Wildman–Crippen MR) is 112 cm³/mol. The van der Waals surface area contributed by atoms with Gasteiger partial charge in [0.15, 0.2) is 0 Å². The minimum absolute atomic E-state index is 0. The molecular weight excluding hydrogens is 384 g/mol. The average Bonchev–Trinajstić information content (AvgIpc) is 3.00. The molecule has 7 heteroatoms. The van der Waals surface area contributed by atoms with E-state index in [4.69, 9.17) is 5.73 Å². The first-order valence-corrected chi connectivity index (χ1v) is 10.1. The van der Waals surface area contributed by atoms with E-state index in [1.165, 1.54) is 21.7 Å². The second kappa shape index (κ2) is 10.4. The summed E-state index contributed by atoms with van der Waals surface area (Å²) in [5.74, 6) is 0. The molecule has 0 fully saturated rings. The summed E-state index contributed by atoms with van der Waals surface area (Å²) in [6.07, 6.45) is 1.08. The molecule has 0 aliphatic heterocycles. The molecule has 0 bridgehead atoms. The van der Waals surface area contributed by atoms with Gasteiger partial charge in [-0.15, -0.1) is 0 Å². The lowest BCUT2D eigenvalue weighted by Crippen LogP contribution is -2.28. The third kappa shape index (κ3) is 5.21. The Morgan fingerprint density at radius 3 is 1.64 bits per heavy atom. The zero-order valence-corrected chi connectivity index (χ0v) is 16.0. The van der Waals surface area contributed by atoms with Gasteiger partial charge in [-0.1, -0.05) is 84.9 Å². The Labute approximate surface area is 164 Å². The summed E-state index contributed by atoms with van der Waals surface area (Å²) in [6, 6.07) is 30.6. The molecule has 1 aliphatic rings. The van der Waals surface area contributed by atoms with Crippen LogP contribution in [-0.4, -0.2) is 13.2 Å². The molecule has 0 unspecified atom stereocenters. The van der Waals surface area contributed by atoms with Crippen LogP contribution in [0.2, 0.25) is 0 Å². The fourth-order valence-electron chi connectivity index (χ4n) is 3.57. The van der Waals surface area contributed by atoms with Crippen molar-refractivity contribution in [1.82, 2.24) is 0 Å². The van der Waals surface area contributed by atoms with Gasteiger partial charge in [0.05, 0.1) is 0 Å². The Morgan fingerprint density at radius 1 is 0.750 bits per heavy atom. The number of hydrogen-bond acceptors (Lipinski definition) is 1. The van der Waals surface area contributed by atoms with Crippen molar-refractivity contribution in [3.8, 4) is 0 Å². The second-order valence-corrected chi connectivity index (χ2v) is 8.72. The standard InChI is InChI=1S/C21H20NP.BF3.FH/c22-21-19-14-8-7-9-16(19)15-20(21)23(17-10-3-1-4-11-17)18-12-5-2-6-13-18;2-1(3)4;/h1-14,20-21H,15,22H2;;1H/t20-,21-;;/m1../s1.